The lowest BCUT2D eigenvalue weighted by molar-refractivity contribution is -0.384. The Morgan fingerprint density at radius 2 is 1.71 bits per heavy atom. The van der Waals surface area contributed by atoms with Crippen LogP contribution in [0.3, 0.4) is 0 Å². The van der Waals surface area contributed by atoms with Gasteiger partial charge in [-0.1, -0.05) is 56.3 Å². The number of hydrogen-bond acceptors (Lipinski definition) is 5. The van der Waals surface area contributed by atoms with Gasteiger partial charge in [0, 0.05) is 24.2 Å². The molecular formula is C27H27N3O5. The molecule has 0 heterocycles. The van der Waals surface area contributed by atoms with Gasteiger partial charge in [0.2, 0.25) is 0 Å². The van der Waals surface area contributed by atoms with Crippen molar-refractivity contribution >= 4 is 23.6 Å². The topological polar surface area (TPSA) is 111 Å². The summed E-state index contributed by atoms with van der Waals surface area (Å²) in [4.78, 5) is 36.5. The highest BCUT2D eigenvalue weighted by atomic mass is 16.6. The second kappa shape index (κ2) is 12.1. The fourth-order valence-corrected chi connectivity index (χ4v) is 3.09. The van der Waals surface area contributed by atoms with E-state index in [0.717, 1.165) is 5.56 Å². The van der Waals surface area contributed by atoms with Gasteiger partial charge in [-0.2, -0.15) is 0 Å². The van der Waals surface area contributed by atoms with E-state index in [1.807, 2.05) is 44.2 Å². The number of amides is 2. The minimum Gasteiger partial charge on any atom is -0.493 e. The predicted octanol–water partition coefficient (Wildman–Crippen LogP) is 4.72. The summed E-state index contributed by atoms with van der Waals surface area (Å²) in [5.74, 6) is -0.00496. The largest absolute Gasteiger partial charge is 0.493 e. The van der Waals surface area contributed by atoms with Crippen molar-refractivity contribution < 1.29 is 19.2 Å². The summed E-state index contributed by atoms with van der Waals surface area (Å²) in [6.45, 7) is 4.90. The van der Waals surface area contributed by atoms with E-state index < -0.39 is 16.7 Å². The molecule has 0 saturated heterocycles. The number of nitrogens with zero attached hydrogens (tertiary/aromatic N) is 1. The Morgan fingerprint density at radius 1 is 1.00 bits per heavy atom. The Hall–Kier alpha value is -4.46. The zero-order valence-corrected chi connectivity index (χ0v) is 19.6. The molecule has 3 aromatic rings. The monoisotopic (exact) mass is 473 g/mol. The summed E-state index contributed by atoms with van der Waals surface area (Å²) in [6.07, 6.45) is 1.41. The van der Waals surface area contributed by atoms with Crippen LogP contribution in [0.1, 0.15) is 35.3 Å². The van der Waals surface area contributed by atoms with Crippen LogP contribution in [0.2, 0.25) is 0 Å². The first-order valence-electron chi connectivity index (χ1n) is 11.1. The molecule has 0 aliphatic heterocycles. The van der Waals surface area contributed by atoms with Gasteiger partial charge in [0.05, 0.1) is 11.5 Å². The number of benzene rings is 3. The molecule has 0 atom stereocenters. The van der Waals surface area contributed by atoms with Crippen molar-refractivity contribution in [3.05, 3.63) is 111 Å². The lowest BCUT2D eigenvalue weighted by Crippen LogP contribution is -2.34. The molecule has 2 amide bonds. The van der Waals surface area contributed by atoms with E-state index in [9.17, 15) is 19.7 Å². The summed E-state index contributed by atoms with van der Waals surface area (Å²) in [7, 11) is 0. The van der Waals surface area contributed by atoms with Crippen molar-refractivity contribution in [1.82, 2.24) is 10.6 Å². The highest BCUT2D eigenvalue weighted by molar-refractivity contribution is 6.05. The third-order valence-electron chi connectivity index (χ3n) is 4.88. The molecule has 2 N–H and O–H groups in total. The Bertz CT molecular complexity index is 1210. The summed E-state index contributed by atoms with van der Waals surface area (Å²) in [6, 6.07) is 21.7. The van der Waals surface area contributed by atoms with E-state index in [0.29, 0.717) is 29.4 Å². The maximum Gasteiger partial charge on any atom is 0.270 e. The van der Waals surface area contributed by atoms with Gasteiger partial charge < -0.3 is 15.4 Å². The number of carbonyl (C=O) groups is 2. The van der Waals surface area contributed by atoms with Crippen LogP contribution >= 0.6 is 0 Å². The number of nitro groups is 1. The minimum atomic E-state index is -0.523. The number of ether oxygens (including phenoxy) is 1. The summed E-state index contributed by atoms with van der Waals surface area (Å²) in [5.41, 5.74) is 1.47. The molecule has 0 saturated carbocycles. The lowest BCUT2D eigenvalue weighted by atomic mass is 10.1. The first-order valence-corrected chi connectivity index (χ1v) is 11.1. The fourth-order valence-electron chi connectivity index (χ4n) is 3.09. The molecular weight excluding hydrogens is 446 g/mol. The molecule has 3 rings (SSSR count). The first-order chi connectivity index (χ1) is 16.8. The SMILES string of the molecule is CC(C)COc1ccc(C(=O)N/C(=C/c2cccc([N+](=O)[O-])c2)C(=O)NCc2ccccc2)cc1. The molecule has 180 valence electrons. The standard InChI is InChI=1S/C27H27N3O5/c1-19(2)18-35-24-13-11-22(12-14-24)26(31)29-25(16-21-9-6-10-23(15-21)30(33)34)27(32)28-17-20-7-4-3-5-8-20/h3-16,19H,17-18H2,1-2H3,(H,28,32)(H,29,31)/b25-16+. The Labute approximate surface area is 203 Å². The normalized spacial score (nSPS) is 11.1. The molecule has 0 spiro atoms. The van der Waals surface area contributed by atoms with E-state index in [1.165, 1.54) is 24.3 Å². The number of rotatable bonds is 10. The van der Waals surface area contributed by atoms with E-state index in [1.54, 1.807) is 30.3 Å². The number of carbonyl (C=O) groups excluding carboxylic acids is 2. The Kier molecular flexibility index (Phi) is 8.72. The zero-order valence-electron chi connectivity index (χ0n) is 19.6. The van der Waals surface area contributed by atoms with Crippen molar-refractivity contribution in [3.8, 4) is 5.75 Å². The van der Waals surface area contributed by atoms with Crippen molar-refractivity contribution in [2.24, 2.45) is 5.92 Å². The average molecular weight is 474 g/mol. The molecule has 3 aromatic carbocycles. The van der Waals surface area contributed by atoms with Gasteiger partial charge in [0.25, 0.3) is 17.5 Å². The third kappa shape index (κ3) is 7.82. The first kappa shape index (κ1) is 25.2. The van der Waals surface area contributed by atoms with Crippen LogP contribution in [-0.4, -0.2) is 23.3 Å². The minimum absolute atomic E-state index is 0.0356. The summed E-state index contributed by atoms with van der Waals surface area (Å²) in [5, 5.41) is 16.5. The van der Waals surface area contributed by atoms with E-state index >= 15 is 0 Å². The van der Waals surface area contributed by atoms with Crippen LogP contribution in [0.4, 0.5) is 5.69 Å². The second-order valence-corrected chi connectivity index (χ2v) is 8.26. The van der Waals surface area contributed by atoms with Crippen molar-refractivity contribution in [1.29, 1.82) is 0 Å². The average Bonchev–Trinajstić information content (AvgIpc) is 2.86. The second-order valence-electron chi connectivity index (χ2n) is 8.26. The third-order valence-corrected chi connectivity index (χ3v) is 4.88. The molecule has 8 heteroatoms. The van der Waals surface area contributed by atoms with Crippen LogP contribution < -0.4 is 15.4 Å². The smallest absolute Gasteiger partial charge is 0.270 e. The number of hydrogen-bond donors (Lipinski definition) is 2. The van der Waals surface area contributed by atoms with Gasteiger partial charge in [0.15, 0.2) is 0 Å². The molecule has 0 unspecified atom stereocenters. The number of nitro benzene ring substituents is 1. The molecule has 0 aliphatic rings. The summed E-state index contributed by atoms with van der Waals surface area (Å²) >= 11 is 0. The van der Waals surface area contributed by atoms with Crippen molar-refractivity contribution in [2.75, 3.05) is 6.61 Å². The quantitative estimate of drug-likeness (QED) is 0.252. The van der Waals surface area contributed by atoms with Crippen LogP contribution in [0, 0.1) is 16.0 Å². The maximum absolute atomic E-state index is 13.0. The maximum atomic E-state index is 13.0. The number of non-ortho nitro benzene ring substituents is 1. The van der Waals surface area contributed by atoms with E-state index in [4.69, 9.17) is 4.74 Å². The van der Waals surface area contributed by atoms with Crippen LogP contribution in [0.25, 0.3) is 6.08 Å². The van der Waals surface area contributed by atoms with E-state index in [-0.39, 0.29) is 17.9 Å². The van der Waals surface area contributed by atoms with Gasteiger partial charge in [-0.05, 0) is 47.4 Å². The van der Waals surface area contributed by atoms with Gasteiger partial charge in [-0.25, -0.2) is 0 Å². The summed E-state index contributed by atoms with van der Waals surface area (Å²) < 4.78 is 5.64. The predicted molar refractivity (Wildman–Crippen MR) is 134 cm³/mol. The molecule has 0 aliphatic carbocycles. The Balaban J connectivity index is 1.80. The fraction of sp³-hybridized carbons (Fsp3) is 0.185. The molecule has 0 fully saturated rings. The molecule has 0 radical (unpaired) electrons. The van der Waals surface area contributed by atoms with E-state index in [2.05, 4.69) is 10.6 Å². The van der Waals surface area contributed by atoms with Crippen molar-refractivity contribution in [2.45, 2.75) is 20.4 Å². The molecule has 35 heavy (non-hydrogen) atoms. The van der Waals surface area contributed by atoms with Gasteiger partial charge in [0.1, 0.15) is 11.4 Å². The molecule has 0 aromatic heterocycles. The van der Waals surface area contributed by atoms with Crippen molar-refractivity contribution in [3.63, 3.8) is 0 Å². The lowest BCUT2D eigenvalue weighted by Gasteiger charge is -2.12. The van der Waals surface area contributed by atoms with Crippen LogP contribution in [0.15, 0.2) is 84.6 Å². The zero-order chi connectivity index (χ0) is 25.2. The highest BCUT2D eigenvalue weighted by Crippen LogP contribution is 2.17. The van der Waals surface area contributed by atoms with Gasteiger partial charge in [-0.15, -0.1) is 0 Å². The number of nitrogens with one attached hydrogen (secondary N) is 2. The van der Waals surface area contributed by atoms with Gasteiger partial charge >= 0.3 is 0 Å². The van der Waals surface area contributed by atoms with Crippen LogP contribution in [0.5, 0.6) is 5.75 Å². The Morgan fingerprint density at radius 3 is 2.37 bits per heavy atom. The molecule has 8 nitrogen and oxygen atoms in total. The van der Waals surface area contributed by atoms with Gasteiger partial charge in [-0.3, -0.25) is 19.7 Å². The highest BCUT2D eigenvalue weighted by Gasteiger charge is 2.16. The van der Waals surface area contributed by atoms with Crippen LogP contribution in [-0.2, 0) is 11.3 Å². The molecule has 0 bridgehead atoms.